The summed E-state index contributed by atoms with van der Waals surface area (Å²) in [6, 6.07) is 15.7. The van der Waals surface area contributed by atoms with Gasteiger partial charge in [-0.25, -0.2) is 4.79 Å². The number of anilines is 1. The highest BCUT2D eigenvalue weighted by molar-refractivity contribution is 6.05. The lowest BCUT2D eigenvalue weighted by Crippen LogP contribution is -2.30. The van der Waals surface area contributed by atoms with E-state index in [0.717, 1.165) is 0 Å². The number of hydrogen-bond acceptors (Lipinski definition) is 6. The van der Waals surface area contributed by atoms with E-state index in [0.29, 0.717) is 22.6 Å². The molecule has 3 rings (SSSR count). The number of aryl methyl sites for hydroxylation is 1. The third kappa shape index (κ3) is 4.55. The van der Waals surface area contributed by atoms with Gasteiger partial charge in [-0.15, -0.1) is 5.10 Å². The molecule has 0 saturated carbocycles. The van der Waals surface area contributed by atoms with E-state index in [9.17, 15) is 14.4 Å². The summed E-state index contributed by atoms with van der Waals surface area (Å²) in [6.07, 6.45) is -1.09. The van der Waals surface area contributed by atoms with Crippen molar-refractivity contribution in [3.05, 3.63) is 71.5 Å². The Kier molecular flexibility index (Phi) is 5.82. The second-order valence-corrected chi connectivity index (χ2v) is 6.40. The fourth-order valence-corrected chi connectivity index (χ4v) is 2.65. The average Bonchev–Trinajstić information content (AvgIpc) is 3.10. The largest absolute Gasteiger partial charge is 0.448 e. The van der Waals surface area contributed by atoms with Gasteiger partial charge in [0.05, 0.1) is 17.1 Å². The van der Waals surface area contributed by atoms with Crippen molar-refractivity contribution in [3.8, 4) is 5.69 Å². The van der Waals surface area contributed by atoms with Gasteiger partial charge >= 0.3 is 5.97 Å². The number of carbonyl (C=O) groups is 3. The molecule has 0 saturated heterocycles. The molecule has 1 N–H and O–H groups in total. The summed E-state index contributed by atoms with van der Waals surface area (Å²) in [6.45, 7) is 4.49. The van der Waals surface area contributed by atoms with Crippen LogP contribution in [0.1, 0.15) is 40.4 Å². The van der Waals surface area contributed by atoms with Crippen molar-refractivity contribution in [2.75, 3.05) is 5.32 Å². The van der Waals surface area contributed by atoms with Crippen molar-refractivity contribution in [1.82, 2.24) is 15.0 Å². The van der Waals surface area contributed by atoms with Crippen molar-refractivity contribution >= 4 is 23.3 Å². The number of amides is 1. The number of nitrogens with one attached hydrogen (secondary N) is 1. The SMILES string of the molecule is CC(=O)c1ccccc1NC(=O)[C@@H](C)OC(=O)c1nn(-c2ccccc2)nc1C. The Balaban J connectivity index is 1.70. The molecule has 0 fully saturated rings. The fraction of sp³-hybridized carbons (Fsp3) is 0.190. The van der Waals surface area contributed by atoms with Gasteiger partial charge in [0, 0.05) is 5.56 Å². The molecule has 0 radical (unpaired) electrons. The Bertz CT molecular complexity index is 1060. The van der Waals surface area contributed by atoms with Crippen molar-refractivity contribution < 1.29 is 19.1 Å². The molecule has 3 aromatic rings. The summed E-state index contributed by atoms with van der Waals surface area (Å²) in [4.78, 5) is 37.9. The van der Waals surface area contributed by atoms with Gasteiger partial charge in [0.25, 0.3) is 5.91 Å². The van der Waals surface area contributed by atoms with Crippen LogP contribution in [0.5, 0.6) is 0 Å². The highest BCUT2D eigenvalue weighted by Gasteiger charge is 2.24. The number of ketones is 1. The van der Waals surface area contributed by atoms with Crippen LogP contribution in [0.15, 0.2) is 54.6 Å². The highest BCUT2D eigenvalue weighted by Crippen LogP contribution is 2.17. The van der Waals surface area contributed by atoms with Gasteiger partial charge in [-0.2, -0.15) is 9.90 Å². The van der Waals surface area contributed by atoms with Crippen LogP contribution >= 0.6 is 0 Å². The molecule has 0 spiro atoms. The van der Waals surface area contributed by atoms with Crippen LogP contribution < -0.4 is 5.32 Å². The zero-order valence-corrected chi connectivity index (χ0v) is 16.2. The monoisotopic (exact) mass is 392 g/mol. The lowest BCUT2D eigenvalue weighted by Gasteiger charge is -2.14. The van der Waals surface area contributed by atoms with Gasteiger partial charge in [0.15, 0.2) is 17.6 Å². The Morgan fingerprint density at radius 2 is 1.66 bits per heavy atom. The van der Waals surface area contributed by atoms with Crippen molar-refractivity contribution in [2.24, 2.45) is 0 Å². The van der Waals surface area contributed by atoms with E-state index in [4.69, 9.17) is 4.74 Å². The molecule has 1 amide bonds. The second kappa shape index (κ2) is 8.47. The molecular weight excluding hydrogens is 372 g/mol. The quantitative estimate of drug-likeness (QED) is 0.511. The maximum absolute atomic E-state index is 12.5. The van der Waals surface area contributed by atoms with Gasteiger partial charge in [0.1, 0.15) is 0 Å². The van der Waals surface area contributed by atoms with Crippen LogP contribution in [0.2, 0.25) is 0 Å². The van der Waals surface area contributed by atoms with Crippen LogP contribution in [0.25, 0.3) is 5.69 Å². The number of Topliss-reactive ketones (excluding diaryl/α,β-unsaturated/α-hetero) is 1. The maximum atomic E-state index is 12.5. The van der Waals surface area contributed by atoms with Crippen LogP contribution in [0, 0.1) is 6.92 Å². The number of esters is 1. The molecule has 29 heavy (non-hydrogen) atoms. The van der Waals surface area contributed by atoms with Gasteiger partial charge in [-0.3, -0.25) is 9.59 Å². The first-order chi connectivity index (χ1) is 13.9. The predicted octanol–water partition coefficient (Wildman–Crippen LogP) is 2.96. The standard InChI is InChI=1S/C21H20N4O4/c1-13-19(24-25(23-13)16-9-5-4-6-10-16)21(28)29-15(3)20(27)22-18-12-8-7-11-17(18)14(2)26/h4-12,15H,1-3H3,(H,22,27)/t15-/m1/s1. The molecule has 0 aliphatic carbocycles. The van der Waals surface area contributed by atoms with Crippen molar-refractivity contribution in [2.45, 2.75) is 26.9 Å². The topological polar surface area (TPSA) is 103 Å². The molecule has 0 bridgehead atoms. The molecule has 148 valence electrons. The van der Waals surface area contributed by atoms with Crippen LogP contribution in [0.4, 0.5) is 5.69 Å². The van der Waals surface area contributed by atoms with Crippen molar-refractivity contribution in [1.29, 1.82) is 0 Å². The van der Waals surface area contributed by atoms with E-state index < -0.39 is 18.0 Å². The second-order valence-electron chi connectivity index (χ2n) is 6.40. The Labute approximate surface area is 167 Å². The van der Waals surface area contributed by atoms with E-state index >= 15 is 0 Å². The first kappa shape index (κ1) is 19.9. The number of hydrogen-bond donors (Lipinski definition) is 1. The summed E-state index contributed by atoms with van der Waals surface area (Å²) in [5.74, 6) is -1.49. The number of carbonyl (C=O) groups excluding carboxylic acids is 3. The molecular formula is C21H20N4O4. The lowest BCUT2D eigenvalue weighted by atomic mass is 10.1. The number of rotatable bonds is 6. The molecule has 1 aromatic heterocycles. The highest BCUT2D eigenvalue weighted by atomic mass is 16.5. The molecule has 1 heterocycles. The molecule has 8 nitrogen and oxygen atoms in total. The Morgan fingerprint density at radius 1 is 1.00 bits per heavy atom. The smallest absolute Gasteiger partial charge is 0.361 e. The van der Waals surface area contributed by atoms with Crippen molar-refractivity contribution in [3.63, 3.8) is 0 Å². The lowest BCUT2D eigenvalue weighted by molar-refractivity contribution is -0.123. The van der Waals surface area contributed by atoms with E-state index in [1.165, 1.54) is 18.6 Å². The fourth-order valence-electron chi connectivity index (χ4n) is 2.65. The zero-order chi connectivity index (χ0) is 21.0. The van der Waals surface area contributed by atoms with Gasteiger partial charge in [-0.1, -0.05) is 30.3 Å². The molecule has 8 heteroatoms. The van der Waals surface area contributed by atoms with E-state index in [-0.39, 0.29) is 11.5 Å². The molecule has 2 aromatic carbocycles. The van der Waals surface area contributed by atoms with Gasteiger partial charge in [0.2, 0.25) is 0 Å². The van der Waals surface area contributed by atoms with Gasteiger partial charge in [-0.05, 0) is 45.0 Å². The number of benzene rings is 2. The normalized spacial score (nSPS) is 11.6. The minimum absolute atomic E-state index is 0.0256. The third-order valence-electron chi connectivity index (χ3n) is 4.18. The molecule has 0 aliphatic rings. The minimum Gasteiger partial charge on any atom is -0.448 e. The Morgan fingerprint density at radius 3 is 2.34 bits per heavy atom. The average molecular weight is 392 g/mol. The van der Waals surface area contributed by atoms with Crippen LogP contribution in [-0.4, -0.2) is 38.8 Å². The number of para-hydroxylation sites is 2. The molecule has 0 aliphatic heterocycles. The number of ether oxygens (including phenoxy) is 1. The van der Waals surface area contributed by atoms with E-state index in [1.807, 2.05) is 18.2 Å². The Hall–Kier alpha value is -3.81. The predicted molar refractivity (Wildman–Crippen MR) is 106 cm³/mol. The van der Waals surface area contributed by atoms with Crippen LogP contribution in [-0.2, 0) is 9.53 Å². The van der Waals surface area contributed by atoms with E-state index in [1.54, 1.807) is 43.3 Å². The zero-order valence-electron chi connectivity index (χ0n) is 16.2. The summed E-state index contributed by atoms with van der Waals surface area (Å²) in [5.41, 5.74) is 1.84. The summed E-state index contributed by atoms with van der Waals surface area (Å²) in [5, 5.41) is 11.0. The number of aromatic nitrogens is 3. The first-order valence-corrected chi connectivity index (χ1v) is 8.98. The molecule has 0 unspecified atom stereocenters. The van der Waals surface area contributed by atoms with E-state index in [2.05, 4.69) is 15.5 Å². The van der Waals surface area contributed by atoms with Crippen LogP contribution in [0.3, 0.4) is 0 Å². The summed E-state index contributed by atoms with van der Waals surface area (Å²) >= 11 is 0. The number of nitrogens with zero attached hydrogens (tertiary/aromatic N) is 3. The minimum atomic E-state index is -1.09. The summed E-state index contributed by atoms with van der Waals surface area (Å²) in [7, 11) is 0. The van der Waals surface area contributed by atoms with Gasteiger partial charge < -0.3 is 10.1 Å². The third-order valence-corrected chi connectivity index (χ3v) is 4.18. The summed E-state index contributed by atoms with van der Waals surface area (Å²) < 4.78 is 5.25. The molecule has 1 atom stereocenters. The first-order valence-electron chi connectivity index (χ1n) is 8.98. The maximum Gasteiger partial charge on any atom is 0.361 e.